The molecule has 25 atom stereocenters. The Morgan fingerprint density at radius 3 is 1.78 bits per heavy atom. The summed E-state index contributed by atoms with van der Waals surface area (Å²) in [6.07, 6.45) is -25.9. The van der Waals surface area contributed by atoms with Crippen molar-refractivity contribution in [1.29, 1.82) is 0 Å². The average Bonchev–Trinajstić information content (AvgIpc) is 3.57. The van der Waals surface area contributed by atoms with E-state index in [0.29, 0.717) is 0 Å². The fourth-order valence-corrected chi connectivity index (χ4v) is 12.4. The van der Waals surface area contributed by atoms with Gasteiger partial charge in [-0.05, 0) is 84.9 Å². The van der Waals surface area contributed by atoms with E-state index in [1.165, 1.54) is 67.9 Å². The number of rotatable bonds is 18. The van der Waals surface area contributed by atoms with Crippen molar-refractivity contribution in [1.82, 2.24) is 0 Å². The Morgan fingerprint density at radius 2 is 1.22 bits per heavy atom. The Bertz CT molecular complexity index is 2620. The predicted octanol–water partition coefficient (Wildman–Crippen LogP) is 1.55. The molecule has 2 aromatic carbocycles. The molecular formula is C57H82O26. The lowest BCUT2D eigenvalue weighted by Gasteiger charge is -2.46. The Morgan fingerprint density at radius 1 is 0.687 bits per heavy atom. The van der Waals surface area contributed by atoms with E-state index < -0.39 is 188 Å². The van der Waals surface area contributed by atoms with Crippen LogP contribution in [0.15, 0.2) is 12.1 Å². The van der Waals surface area contributed by atoms with Gasteiger partial charge in [0.2, 0.25) is 6.29 Å². The molecule has 6 aliphatic rings. The zero-order valence-corrected chi connectivity index (χ0v) is 48.7. The third kappa shape index (κ3) is 13.9. The Hall–Kier alpha value is -4.30. The number of aromatic hydroxyl groups is 2. The van der Waals surface area contributed by atoms with Gasteiger partial charge >= 0.3 is 11.9 Å². The molecule has 0 saturated carbocycles. The summed E-state index contributed by atoms with van der Waals surface area (Å²) in [6.45, 7) is 14.8. The van der Waals surface area contributed by atoms with Crippen LogP contribution in [0.1, 0.15) is 116 Å². The Labute approximate surface area is 480 Å². The first-order chi connectivity index (χ1) is 39.0. The topological polar surface area (TPSA) is 359 Å². The van der Waals surface area contributed by atoms with Crippen LogP contribution in [0.2, 0.25) is 0 Å². The van der Waals surface area contributed by atoms with Gasteiger partial charge in [-0.25, -0.2) is 0 Å². The molecule has 24 unspecified atom stereocenters. The average molecular weight is 1180 g/mol. The maximum atomic E-state index is 15.1. The van der Waals surface area contributed by atoms with Gasteiger partial charge in [0, 0.05) is 71.7 Å². The van der Waals surface area contributed by atoms with E-state index in [-0.39, 0.29) is 71.7 Å². The van der Waals surface area contributed by atoms with Crippen molar-refractivity contribution in [2.24, 2.45) is 5.92 Å². The lowest BCUT2D eigenvalue weighted by Crippen LogP contribution is -2.59. The second-order valence-electron chi connectivity index (χ2n) is 23.1. The Kier molecular flexibility index (Phi) is 20.5. The highest BCUT2D eigenvalue weighted by atomic mass is 16.7. The van der Waals surface area contributed by atoms with Crippen molar-refractivity contribution >= 4 is 34.3 Å². The molecule has 26 heteroatoms. The standard InChI is InChI=1S/C57H82O26/c1-21-34(79-40-19-37(53(26(6)75-40)77-28(8)59)82-38-16-33(61)52(70-11)25(5)74-38)15-31-13-30-14-32(54(71-12)51(68)46(63)22(2)58)55(50(67)44(30)49(66)43(31)45(21)62)83-41-18-35(47(64)24(4)73-41)80-39-17-36(48(65)23(3)72-39)81-42-20-57(10,69)56(27(7)76-42)78-29(9)60/h13,15,22-27,32-33,35-42,46-48,52-56,58,61-66,69H,14,16-20H2,1-12H3/t22?,23?,24?,25?,26?,27?,32?,33?,35?,36?,37?,38?,39?,40?,41?,42?,46?,47?,48?,52?,53?,54?,55?,56?,57-/m0/s1. The number of fused-ring (bicyclic) bond motifs is 2. The number of aliphatic hydroxyl groups is 6. The third-order valence-electron chi connectivity index (χ3n) is 16.6. The van der Waals surface area contributed by atoms with Gasteiger partial charge in [0.15, 0.2) is 48.9 Å². The fourth-order valence-electron chi connectivity index (χ4n) is 12.4. The van der Waals surface area contributed by atoms with Crippen molar-refractivity contribution in [3.63, 3.8) is 0 Å². The van der Waals surface area contributed by atoms with Gasteiger partial charge < -0.3 is 107 Å². The summed E-state index contributed by atoms with van der Waals surface area (Å²) in [7, 11) is 2.64. The van der Waals surface area contributed by atoms with Crippen LogP contribution in [-0.4, -0.2) is 225 Å². The van der Waals surface area contributed by atoms with Gasteiger partial charge in [0.1, 0.15) is 65.6 Å². The second-order valence-corrected chi connectivity index (χ2v) is 23.1. The maximum absolute atomic E-state index is 15.1. The lowest BCUT2D eigenvalue weighted by atomic mass is 9.75. The molecule has 0 aromatic heterocycles. The van der Waals surface area contributed by atoms with E-state index in [0.717, 1.165) is 0 Å². The summed E-state index contributed by atoms with van der Waals surface area (Å²) in [5, 5.41) is 90.1. The zero-order chi connectivity index (χ0) is 60.8. The van der Waals surface area contributed by atoms with Crippen molar-refractivity contribution in [3.05, 3.63) is 28.8 Å². The number of methoxy groups -OCH3 is 2. The first kappa shape index (κ1) is 64.7. The summed E-state index contributed by atoms with van der Waals surface area (Å²) < 4.78 is 84.2. The monoisotopic (exact) mass is 1180 g/mol. The van der Waals surface area contributed by atoms with Crippen molar-refractivity contribution in [2.45, 2.75) is 255 Å². The minimum absolute atomic E-state index is 0.0251. The number of hydrogen-bond donors (Lipinski definition) is 8. The summed E-state index contributed by atoms with van der Waals surface area (Å²) in [6, 6.07) is 3.04. The number of benzene rings is 2. The van der Waals surface area contributed by atoms with E-state index in [2.05, 4.69) is 0 Å². The molecule has 26 nitrogen and oxygen atoms in total. The largest absolute Gasteiger partial charge is 0.507 e. The molecule has 5 saturated heterocycles. The summed E-state index contributed by atoms with van der Waals surface area (Å²) in [4.78, 5) is 53.2. The molecule has 2 aromatic rings. The van der Waals surface area contributed by atoms with E-state index >= 15 is 4.79 Å². The number of phenols is 2. The van der Waals surface area contributed by atoms with Crippen LogP contribution < -0.4 is 4.74 Å². The molecule has 0 amide bonds. The minimum atomic E-state index is -1.96. The number of Topliss-reactive ketones (excluding diaryl/α,β-unsaturated/α-hetero) is 2. The molecule has 8 N–H and O–H groups in total. The van der Waals surface area contributed by atoms with Gasteiger partial charge in [0.25, 0.3) is 0 Å². The van der Waals surface area contributed by atoms with Crippen LogP contribution in [0.5, 0.6) is 17.2 Å². The quantitative estimate of drug-likeness (QED) is 0.0982. The van der Waals surface area contributed by atoms with Gasteiger partial charge in [0.05, 0.1) is 65.9 Å². The van der Waals surface area contributed by atoms with Gasteiger partial charge in [-0.1, -0.05) is 0 Å². The molecule has 0 spiro atoms. The van der Waals surface area contributed by atoms with E-state index in [1.807, 2.05) is 0 Å². The smallest absolute Gasteiger partial charge is 0.303 e. The fraction of sp³-hybridized carbons (Fsp3) is 0.754. The van der Waals surface area contributed by atoms with Crippen molar-refractivity contribution < 1.29 is 126 Å². The molecule has 0 radical (unpaired) electrons. The number of carbonyl (C=O) groups is 4. The SMILES string of the molecule is COC(C(=O)C(O)C(C)O)C1Cc2cc3cc(OC4CC(OC5CC(O)C(OC)C(C)O5)C(OC(C)=O)C(C)O4)c(C)c(O)c3c(O)c2C(=O)C1OC1CC(OC2CC(OC3C[C@](C)(O)C(OC(C)=O)C(C)O3)C(O)C(C)O2)C(O)C(C)O1. The molecule has 0 bridgehead atoms. The van der Waals surface area contributed by atoms with Crippen LogP contribution in [-0.2, 0) is 82.4 Å². The maximum Gasteiger partial charge on any atom is 0.303 e. The number of esters is 2. The highest BCUT2D eigenvalue weighted by Gasteiger charge is 2.52. The molecule has 83 heavy (non-hydrogen) atoms. The molecule has 1 aliphatic carbocycles. The number of ketones is 2. The summed E-state index contributed by atoms with van der Waals surface area (Å²) >= 11 is 0. The first-order valence-corrected chi connectivity index (χ1v) is 28.2. The molecule has 5 aliphatic heterocycles. The minimum Gasteiger partial charge on any atom is -0.507 e. The third-order valence-corrected chi connectivity index (χ3v) is 16.6. The molecular weight excluding hydrogens is 1100 g/mol. The second kappa shape index (κ2) is 26.4. The zero-order valence-electron chi connectivity index (χ0n) is 48.7. The Balaban J connectivity index is 1.04. The number of hydrogen-bond acceptors (Lipinski definition) is 26. The summed E-state index contributed by atoms with van der Waals surface area (Å²) in [5.41, 5.74) is -1.51. The number of carbonyl (C=O) groups excluding carboxylic acids is 4. The van der Waals surface area contributed by atoms with Gasteiger partial charge in [-0.3, -0.25) is 19.2 Å². The highest BCUT2D eigenvalue weighted by molar-refractivity contribution is 6.11. The van der Waals surface area contributed by atoms with Gasteiger partial charge in [-0.2, -0.15) is 0 Å². The van der Waals surface area contributed by atoms with Crippen LogP contribution in [0.3, 0.4) is 0 Å². The van der Waals surface area contributed by atoms with Gasteiger partial charge in [-0.15, -0.1) is 0 Å². The van der Waals surface area contributed by atoms with E-state index in [4.69, 9.17) is 66.3 Å². The predicted molar refractivity (Wildman–Crippen MR) is 282 cm³/mol. The number of ether oxygens (including phenoxy) is 14. The molecule has 466 valence electrons. The van der Waals surface area contributed by atoms with Crippen LogP contribution in [0.4, 0.5) is 0 Å². The molecule has 5 fully saturated rings. The normalized spacial score (nSPS) is 39.7. The number of aliphatic hydroxyl groups excluding tert-OH is 5. The van der Waals surface area contributed by atoms with Crippen LogP contribution in [0.25, 0.3) is 10.8 Å². The molecule has 8 rings (SSSR count). The van der Waals surface area contributed by atoms with Crippen molar-refractivity contribution in [3.8, 4) is 17.2 Å². The lowest BCUT2D eigenvalue weighted by molar-refractivity contribution is -0.334. The van der Waals surface area contributed by atoms with E-state index in [1.54, 1.807) is 27.7 Å². The van der Waals surface area contributed by atoms with E-state index in [9.17, 15) is 55.2 Å². The first-order valence-electron chi connectivity index (χ1n) is 28.2. The number of phenolic OH excluding ortho intramolecular Hbond substituents is 2. The molecule has 5 heterocycles. The van der Waals surface area contributed by atoms with Crippen LogP contribution >= 0.6 is 0 Å². The summed E-state index contributed by atoms with van der Waals surface area (Å²) in [5.74, 6) is -5.32. The van der Waals surface area contributed by atoms with Crippen LogP contribution in [0, 0.1) is 12.8 Å². The highest BCUT2D eigenvalue weighted by Crippen LogP contribution is 2.48. The van der Waals surface area contributed by atoms with Crippen molar-refractivity contribution in [2.75, 3.05) is 14.2 Å².